The molecule has 2 rings (SSSR count). The number of benzene rings is 2. The fraction of sp³-hybridized carbons (Fsp3) is 0.235. The van der Waals surface area contributed by atoms with Crippen LogP contribution in [-0.2, 0) is 15.6 Å². The molecule has 0 bridgehead atoms. The number of nitro groups is 1. The summed E-state index contributed by atoms with van der Waals surface area (Å²) in [6, 6.07) is 13.6. The van der Waals surface area contributed by atoms with E-state index in [-0.39, 0.29) is 18.3 Å². The minimum absolute atomic E-state index is 0.00347. The van der Waals surface area contributed by atoms with Gasteiger partial charge in [-0.25, -0.2) is 0 Å². The Kier molecular flexibility index (Phi) is 6.29. The molecule has 24 heavy (non-hydrogen) atoms. The number of rotatable bonds is 7. The van der Waals surface area contributed by atoms with Crippen molar-refractivity contribution in [3.05, 3.63) is 69.8 Å². The molecule has 1 unspecified atom stereocenters. The van der Waals surface area contributed by atoms with Gasteiger partial charge < -0.3 is 0 Å². The van der Waals surface area contributed by atoms with Crippen LogP contribution in [0.15, 0.2) is 53.5 Å². The Hall–Kier alpha value is -2.43. The molecule has 0 saturated heterocycles. The lowest BCUT2D eigenvalue weighted by Crippen LogP contribution is -2.08. The molecule has 124 valence electrons. The summed E-state index contributed by atoms with van der Waals surface area (Å²) in [5, 5.41) is 11.6. The van der Waals surface area contributed by atoms with E-state index in [1.165, 1.54) is 12.3 Å². The molecule has 0 saturated carbocycles. The fourth-order valence-corrected chi connectivity index (χ4v) is 3.16. The van der Waals surface area contributed by atoms with Crippen LogP contribution in [0.1, 0.15) is 25.0 Å². The van der Waals surface area contributed by atoms with Gasteiger partial charge in [-0.2, -0.15) is 0 Å². The molecule has 0 radical (unpaired) electrons. The van der Waals surface area contributed by atoms with Crippen LogP contribution in [-0.4, -0.2) is 17.2 Å². The van der Waals surface area contributed by atoms with Crippen LogP contribution in [0.3, 0.4) is 0 Å². The van der Waals surface area contributed by atoms with Crippen molar-refractivity contribution in [2.24, 2.45) is 4.99 Å². The molecule has 0 heterocycles. The lowest BCUT2D eigenvalue weighted by atomic mass is 10.2. The van der Waals surface area contributed by atoms with Crippen LogP contribution < -0.4 is 5.30 Å². The molecule has 0 aromatic heterocycles. The summed E-state index contributed by atoms with van der Waals surface area (Å²) in [6.07, 6.45) is 1.32. The normalized spacial score (nSPS) is 11.9. The summed E-state index contributed by atoms with van der Waals surface area (Å²) in [6.45, 7) is 3.91. The standard InChI is InChI=1S/C17H18N2O4P/c1-13(2)23-24(22)17-10-6-4-8-15(17)12-18-11-14-7-3-5-9-16(14)19(20)21/h3-11,13H,12H2,1-2H3/q+1. The smallest absolute Gasteiger partial charge is 0.287 e. The van der Waals surface area contributed by atoms with Crippen molar-refractivity contribution in [1.82, 2.24) is 0 Å². The van der Waals surface area contributed by atoms with E-state index in [2.05, 4.69) is 4.99 Å². The average molecular weight is 345 g/mol. The predicted octanol–water partition coefficient (Wildman–Crippen LogP) is 4.01. The zero-order chi connectivity index (χ0) is 17.5. The second kappa shape index (κ2) is 8.43. The summed E-state index contributed by atoms with van der Waals surface area (Å²) < 4.78 is 17.6. The van der Waals surface area contributed by atoms with Crippen LogP contribution in [0.25, 0.3) is 0 Å². The van der Waals surface area contributed by atoms with Gasteiger partial charge in [0, 0.05) is 17.8 Å². The minimum atomic E-state index is -1.96. The zero-order valence-corrected chi connectivity index (χ0v) is 14.3. The average Bonchev–Trinajstić information content (AvgIpc) is 2.55. The van der Waals surface area contributed by atoms with Crippen molar-refractivity contribution in [3.63, 3.8) is 0 Å². The summed E-state index contributed by atoms with van der Waals surface area (Å²) in [4.78, 5) is 14.8. The lowest BCUT2D eigenvalue weighted by Gasteiger charge is -2.00. The maximum Gasteiger partial charge on any atom is 0.549 e. The van der Waals surface area contributed by atoms with E-state index in [4.69, 9.17) is 4.52 Å². The first kappa shape index (κ1) is 17.9. The SMILES string of the molecule is CC(C)O[P+](=O)c1ccccc1CN=Cc1ccccc1[N+](=O)[O-]. The van der Waals surface area contributed by atoms with Crippen LogP contribution in [0.5, 0.6) is 0 Å². The van der Waals surface area contributed by atoms with Crippen molar-refractivity contribution < 1.29 is 14.0 Å². The van der Waals surface area contributed by atoms with E-state index in [0.717, 1.165) is 5.56 Å². The first-order valence-corrected chi connectivity index (χ1v) is 8.62. The Labute approximate surface area is 141 Å². The first-order chi connectivity index (χ1) is 11.5. The van der Waals surface area contributed by atoms with Gasteiger partial charge >= 0.3 is 8.03 Å². The number of nitro benzene ring substituents is 1. The van der Waals surface area contributed by atoms with Gasteiger partial charge in [-0.1, -0.05) is 30.3 Å². The lowest BCUT2D eigenvalue weighted by molar-refractivity contribution is -0.385. The highest BCUT2D eigenvalue weighted by atomic mass is 31.1. The zero-order valence-electron chi connectivity index (χ0n) is 13.5. The molecule has 1 atom stereocenters. The molecule has 7 heteroatoms. The van der Waals surface area contributed by atoms with E-state index in [1.54, 1.807) is 30.3 Å². The van der Waals surface area contributed by atoms with Crippen molar-refractivity contribution in [1.29, 1.82) is 0 Å². The highest BCUT2D eigenvalue weighted by molar-refractivity contribution is 7.48. The maximum atomic E-state index is 12.2. The number of hydrogen-bond acceptors (Lipinski definition) is 5. The van der Waals surface area contributed by atoms with Gasteiger partial charge in [-0.15, -0.1) is 4.52 Å². The third-order valence-electron chi connectivity index (χ3n) is 3.12. The Morgan fingerprint density at radius 2 is 1.88 bits per heavy atom. The third-order valence-corrected chi connectivity index (χ3v) is 4.56. The predicted molar refractivity (Wildman–Crippen MR) is 94.3 cm³/mol. The van der Waals surface area contributed by atoms with E-state index < -0.39 is 13.0 Å². The summed E-state index contributed by atoms with van der Waals surface area (Å²) in [5.74, 6) is 0. The molecular formula is C17H18N2O4P+. The van der Waals surface area contributed by atoms with Gasteiger partial charge in [0.2, 0.25) is 5.30 Å². The highest BCUT2D eigenvalue weighted by Crippen LogP contribution is 2.26. The topological polar surface area (TPSA) is 81.8 Å². The van der Waals surface area contributed by atoms with Gasteiger partial charge in [0.15, 0.2) is 0 Å². The number of hydrogen-bond donors (Lipinski definition) is 0. The largest absolute Gasteiger partial charge is 0.549 e. The van der Waals surface area contributed by atoms with Crippen LogP contribution in [0.2, 0.25) is 0 Å². The quantitative estimate of drug-likeness (QED) is 0.329. The second-order valence-electron chi connectivity index (χ2n) is 5.33. The minimum Gasteiger partial charge on any atom is -0.287 e. The van der Waals surface area contributed by atoms with E-state index in [9.17, 15) is 14.7 Å². The Morgan fingerprint density at radius 3 is 2.58 bits per heavy atom. The van der Waals surface area contributed by atoms with E-state index in [0.29, 0.717) is 10.9 Å². The molecule has 0 aliphatic rings. The molecule has 0 aliphatic carbocycles. The molecule has 0 N–H and O–H groups in total. The monoisotopic (exact) mass is 345 g/mol. The molecule has 2 aromatic carbocycles. The van der Waals surface area contributed by atoms with E-state index >= 15 is 0 Å². The third kappa shape index (κ3) is 4.78. The van der Waals surface area contributed by atoms with Crippen molar-refractivity contribution in [2.45, 2.75) is 26.5 Å². The summed E-state index contributed by atoms with van der Waals surface area (Å²) >= 11 is 0. The Morgan fingerprint density at radius 1 is 1.21 bits per heavy atom. The first-order valence-electron chi connectivity index (χ1n) is 7.44. The molecular weight excluding hydrogens is 327 g/mol. The number of aliphatic imine (C=N–C) groups is 1. The fourth-order valence-electron chi connectivity index (χ4n) is 2.08. The molecule has 0 spiro atoms. The van der Waals surface area contributed by atoms with Crippen molar-refractivity contribution in [2.75, 3.05) is 0 Å². The maximum absolute atomic E-state index is 12.2. The van der Waals surface area contributed by atoms with Crippen molar-refractivity contribution >= 4 is 25.2 Å². The molecule has 0 aliphatic heterocycles. The number of para-hydroxylation sites is 1. The molecule has 6 nitrogen and oxygen atoms in total. The van der Waals surface area contributed by atoms with Gasteiger partial charge in [-0.3, -0.25) is 15.1 Å². The van der Waals surface area contributed by atoms with Gasteiger partial charge in [-0.05, 0) is 30.5 Å². The summed E-state index contributed by atoms with van der Waals surface area (Å²) in [7, 11) is -1.96. The number of nitrogens with zero attached hydrogens (tertiary/aromatic N) is 2. The van der Waals surface area contributed by atoms with Gasteiger partial charge in [0.1, 0.15) is 6.10 Å². The van der Waals surface area contributed by atoms with Gasteiger partial charge in [0.25, 0.3) is 5.69 Å². The summed E-state index contributed by atoms with van der Waals surface area (Å²) in [5.41, 5.74) is 1.21. The van der Waals surface area contributed by atoms with Crippen LogP contribution in [0.4, 0.5) is 5.69 Å². The van der Waals surface area contributed by atoms with Gasteiger partial charge in [0.05, 0.1) is 17.0 Å². The Bertz CT molecular complexity index is 775. The highest BCUT2D eigenvalue weighted by Gasteiger charge is 2.27. The Balaban J connectivity index is 2.18. The second-order valence-corrected chi connectivity index (χ2v) is 6.53. The molecule has 0 amide bonds. The molecule has 0 fully saturated rings. The van der Waals surface area contributed by atoms with Crippen LogP contribution in [0, 0.1) is 10.1 Å². The van der Waals surface area contributed by atoms with Crippen LogP contribution >= 0.6 is 8.03 Å². The van der Waals surface area contributed by atoms with E-state index in [1.807, 2.05) is 26.0 Å². The van der Waals surface area contributed by atoms with Crippen molar-refractivity contribution in [3.8, 4) is 0 Å². The molecule has 2 aromatic rings.